The smallest absolute Gasteiger partial charge is 0.0496 e. The zero-order chi connectivity index (χ0) is 12.7. The van der Waals surface area contributed by atoms with Gasteiger partial charge in [0.15, 0.2) is 0 Å². The van der Waals surface area contributed by atoms with Crippen LogP contribution in [0.2, 0.25) is 5.02 Å². The molecule has 0 amide bonds. The maximum Gasteiger partial charge on any atom is 0.0496 e. The summed E-state index contributed by atoms with van der Waals surface area (Å²) in [4.78, 5) is 0. The fraction of sp³-hybridized carbons (Fsp3) is 0.467. The number of hydrogen-bond donors (Lipinski definition) is 1. The number of fused-ring (bicyclic) bond motifs is 1. The van der Waals surface area contributed by atoms with Gasteiger partial charge in [0.05, 0.1) is 0 Å². The zero-order valence-electron chi connectivity index (χ0n) is 10.7. The van der Waals surface area contributed by atoms with Crippen LogP contribution < -0.4 is 5.73 Å². The van der Waals surface area contributed by atoms with Crippen molar-refractivity contribution >= 4 is 22.5 Å². The minimum Gasteiger partial charge on any atom is -0.350 e. The van der Waals surface area contributed by atoms with Crippen molar-refractivity contribution in [2.45, 2.75) is 31.7 Å². The Kier molecular flexibility index (Phi) is 3.08. The van der Waals surface area contributed by atoms with Gasteiger partial charge in [0, 0.05) is 35.2 Å². The number of halogens is 1. The van der Waals surface area contributed by atoms with E-state index in [1.807, 2.05) is 12.1 Å². The number of nitrogens with two attached hydrogens (primary N) is 1. The highest BCUT2D eigenvalue weighted by atomic mass is 35.5. The third-order valence-corrected chi connectivity index (χ3v) is 4.49. The molecule has 1 aliphatic carbocycles. The molecule has 1 heterocycles. The highest BCUT2D eigenvalue weighted by Crippen LogP contribution is 2.37. The van der Waals surface area contributed by atoms with E-state index in [0.29, 0.717) is 5.92 Å². The van der Waals surface area contributed by atoms with Crippen molar-refractivity contribution in [1.29, 1.82) is 0 Å². The molecule has 0 bridgehead atoms. The van der Waals surface area contributed by atoms with E-state index in [2.05, 4.69) is 23.9 Å². The normalized spacial score (nSPS) is 18.6. The second-order valence-electron chi connectivity index (χ2n) is 5.43. The first-order chi connectivity index (χ1) is 8.66. The molecule has 2 N–H and O–H groups in total. The summed E-state index contributed by atoms with van der Waals surface area (Å²) >= 11 is 6.06. The van der Waals surface area contributed by atoms with Gasteiger partial charge in [0.25, 0.3) is 0 Å². The molecule has 0 radical (unpaired) electrons. The van der Waals surface area contributed by atoms with Gasteiger partial charge in [-0.3, -0.25) is 0 Å². The van der Waals surface area contributed by atoms with Crippen LogP contribution in [0.25, 0.3) is 10.9 Å². The number of aryl methyl sites for hydroxylation is 1. The first-order valence-corrected chi connectivity index (χ1v) is 7.04. The third kappa shape index (κ3) is 1.94. The second kappa shape index (κ2) is 4.60. The van der Waals surface area contributed by atoms with E-state index >= 15 is 0 Å². The lowest BCUT2D eigenvalue weighted by Gasteiger charge is -2.18. The first-order valence-electron chi connectivity index (χ1n) is 6.67. The molecule has 1 aliphatic rings. The van der Waals surface area contributed by atoms with Crippen molar-refractivity contribution in [3.8, 4) is 0 Å². The van der Waals surface area contributed by atoms with Crippen LogP contribution in [0.1, 0.15) is 37.3 Å². The van der Waals surface area contributed by atoms with Crippen LogP contribution >= 0.6 is 11.6 Å². The summed E-state index contributed by atoms with van der Waals surface area (Å²) in [5, 5.41) is 2.03. The van der Waals surface area contributed by atoms with Gasteiger partial charge in [0.1, 0.15) is 0 Å². The lowest BCUT2D eigenvalue weighted by Crippen LogP contribution is -2.18. The Labute approximate surface area is 113 Å². The lowest BCUT2D eigenvalue weighted by molar-refractivity contribution is 0.446. The highest BCUT2D eigenvalue weighted by molar-refractivity contribution is 6.31. The minimum absolute atomic E-state index is 0.164. The van der Waals surface area contributed by atoms with Crippen molar-refractivity contribution in [1.82, 2.24) is 4.57 Å². The molecule has 2 nitrogen and oxygen atoms in total. The number of rotatable bonds is 2. The molecule has 1 fully saturated rings. The standard InChI is InChI=1S/C15H19ClN2/c1-18-9-13(15(17)10-4-2-3-5-10)12-7-6-11(16)8-14(12)18/h6-10,15H,2-5,17H2,1H3. The number of nitrogens with zero attached hydrogens (tertiary/aromatic N) is 1. The van der Waals surface area contributed by atoms with E-state index in [9.17, 15) is 0 Å². The molecular formula is C15H19ClN2. The van der Waals surface area contributed by atoms with E-state index in [4.69, 9.17) is 17.3 Å². The predicted molar refractivity (Wildman–Crippen MR) is 76.8 cm³/mol. The molecule has 0 spiro atoms. The van der Waals surface area contributed by atoms with Gasteiger partial charge in [-0.15, -0.1) is 0 Å². The van der Waals surface area contributed by atoms with Crippen LogP contribution in [0.15, 0.2) is 24.4 Å². The summed E-state index contributed by atoms with van der Waals surface area (Å²) in [6.45, 7) is 0. The molecule has 96 valence electrons. The number of benzene rings is 1. The van der Waals surface area contributed by atoms with Crippen molar-refractivity contribution in [2.24, 2.45) is 18.7 Å². The van der Waals surface area contributed by atoms with Gasteiger partial charge in [-0.25, -0.2) is 0 Å². The van der Waals surface area contributed by atoms with E-state index in [-0.39, 0.29) is 6.04 Å². The van der Waals surface area contributed by atoms with Gasteiger partial charge in [-0.1, -0.05) is 30.5 Å². The average molecular weight is 263 g/mol. The molecule has 1 saturated carbocycles. The SMILES string of the molecule is Cn1cc(C(N)C2CCCC2)c2ccc(Cl)cc21. The van der Waals surface area contributed by atoms with Crippen LogP contribution in [0.3, 0.4) is 0 Å². The van der Waals surface area contributed by atoms with Gasteiger partial charge in [0.2, 0.25) is 0 Å². The molecule has 1 atom stereocenters. The minimum atomic E-state index is 0.164. The van der Waals surface area contributed by atoms with Crippen molar-refractivity contribution in [2.75, 3.05) is 0 Å². The molecule has 2 aromatic rings. The van der Waals surface area contributed by atoms with Gasteiger partial charge in [-0.05, 0) is 36.5 Å². The Bertz CT molecular complexity index is 567. The summed E-state index contributed by atoms with van der Waals surface area (Å²) in [7, 11) is 2.06. The number of hydrogen-bond acceptors (Lipinski definition) is 1. The first kappa shape index (κ1) is 12.1. The Morgan fingerprint density at radius 1 is 1.33 bits per heavy atom. The van der Waals surface area contributed by atoms with Crippen LogP contribution in [-0.4, -0.2) is 4.57 Å². The van der Waals surface area contributed by atoms with E-state index < -0.39 is 0 Å². The summed E-state index contributed by atoms with van der Waals surface area (Å²) in [6.07, 6.45) is 7.37. The Balaban J connectivity index is 2.06. The molecule has 3 heteroatoms. The van der Waals surface area contributed by atoms with Crippen molar-refractivity contribution in [3.63, 3.8) is 0 Å². The maximum atomic E-state index is 6.47. The van der Waals surface area contributed by atoms with Crippen LogP contribution in [0.5, 0.6) is 0 Å². The van der Waals surface area contributed by atoms with Gasteiger partial charge in [-0.2, -0.15) is 0 Å². The van der Waals surface area contributed by atoms with E-state index in [1.54, 1.807) is 0 Å². The molecule has 18 heavy (non-hydrogen) atoms. The third-order valence-electron chi connectivity index (χ3n) is 4.25. The summed E-state index contributed by atoms with van der Waals surface area (Å²) in [6, 6.07) is 6.23. The Morgan fingerprint density at radius 2 is 2.06 bits per heavy atom. The number of aromatic nitrogens is 1. The summed E-state index contributed by atoms with van der Waals surface area (Å²) in [5.74, 6) is 0.645. The van der Waals surface area contributed by atoms with Gasteiger partial charge >= 0.3 is 0 Å². The zero-order valence-corrected chi connectivity index (χ0v) is 11.5. The second-order valence-corrected chi connectivity index (χ2v) is 5.86. The monoisotopic (exact) mass is 262 g/mol. The van der Waals surface area contributed by atoms with Crippen LogP contribution in [-0.2, 0) is 7.05 Å². The Hall–Kier alpha value is -0.990. The van der Waals surface area contributed by atoms with Crippen molar-refractivity contribution in [3.05, 3.63) is 35.0 Å². The largest absolute Gasteiger partial charge is 0.350 e. The topological polar surface area (TPSA) is 30.9 Å². The lowest BCUT2D eigenvalue weighted by atomic mass is 9.92. The van der Waals surface area contributed by atoms with E-state index in [1.165, 1.54) is 42.1 Å². The van der Waals surface area contributed by atoms with E-state index in [0.717, 1.165) is 5.02 Å². The predicted octanol–water partition coefficient (Wildman–Crippen LogP) is 4.02. The summed E-state index contributed by atoms with van der Waals surface area (Å²) in [5.41, 5.74) is 8.92. The molecule has 0 saturated heterocycles. The molecule has 1 unspecified atom stereocenters. The molecule has 3 rings (SSSR count). The van der Waals surface area contributed by atoms with Crippen LogP contribution in [0, 0.1) is 5.92 Å². The van der Waals surface area contributed by atoms with Crippen LogP contribution in [0.4, 0.5) is 0 Å². The molecular weight excluding hydrogens is 244 g/mol. The summed E-state index contributed by atoms with van der Waals surface area (Å²) < 4.78 is 2.13. The van der Waals surface area contributed by atoms with Gasteiger partial charge < -0.3 is 10.3 Å². The Morgan fingerprint density at radius 3 is 2.78 bits per heavy atom. The quantitative estimate of drug-likeness (QED) is 0.871. The van der Waals surface area contributed by atoms with Crippen molar-refractivity contribution < 1.29 is 0 Å². The average Bonchev–Trinajstić information content (AvgIpc) is 2.97. The fourth-order valence-electron chi connectivity index (χ4n) is 3.22. The molecule has 1 aromatic heterocycles. The highest BCUT2D eigenvalue weighted by Gasteiger charge is 2.25. The molecule has 1 aromatic carbocycles. The molecule has 0 aliphatic heterocycles. The maximum absolute atomic E-state index is 6.47. The fourth-order valence-corrected chi connectivity index (χ4v) is 3.39.